The molecule has 1 saturated heterocycles. The molecule has 1 fully saturated rings. The lowest BCUT2D eigenvalue weighted by Crippen LogP contribution is -2.33. The summed E-state index contributed by atoms with van der Waals surface area (Å²) in [5.41, 5.74) is 14.7. The van der Waals surface area contributed by atoms with Crippen LogP contribution in [0, 0.1) is 5.41 Å². The molecular weight excluding hydrogens is 671 g/mol. The van der Waals surface area contributed by atoms with Crippen molar-refractivity contribution in [1.82, 2.24) is 0 Å². The molecule has 0 bridgehead atoms. The van der Waals surface area contributed by atoms with Crippen molar-refractivity contribution < 1.29 is 13.9 Å². The topological polar surface area (TPSA) is 34.8 Å². The van der Waals surface area contributed by atoms with Crippen LogP contribution in [0.2, 0.25) is 0 Å². The summed E-state index contributed by atoms with van der Waals surface area (Å²) in [6.07, 6.45) is -0.332. The normalized spacial score (nSPS) is 17.7. The summed E-state index contributed by atoms with van der Waals surface area (Å²) < 4.78 is 18.8. The Hall–Kier alpha value is -4.94. The molecule has 53 heavy (non-hydrogen) atoms. The Morgan fingerprint density at radius 2 is 1.08 bits per heavy atom. The van der Waals surface area contributed by atoms with Crippen molar-refractivity contribution in [3.63, 3.8) is 0 Å². The van der Waals surface area contributed by atoms with Crippen LogP contribution in [0.15, 0.2) is 126 Å². The molecular formula is C48H43NO3S. The second-order valence-corrected chi connectivity index (χ2v) is 17.9. The number of hydrogen-bond acceptors (Lipinski definition) is 5. The van der Waals surface area contributed by atoms with E-state index in [0.29, 0.717) is 13.2 Å². The minimum Gasteiger partial charge on any atom is -0.455 e. The summed E-state index contributed by atoms with van der Waals surface area (Å²) in [6.45, 7) is 15.1. The highest BCUT2D eigenvalue weighted by molar-refractivity contribution is 7.15. The summed E-state index contributed by atoms with van der Waals surface area (Å²) in [4.78, 5) is 4.53. The third-order valence-electron chi connectivity index (χ3n) is 11.8. The van der Waals surface area contributed by atoms with Gasteiger partial charge in [0, 0.05) is 44.8 Å². The number of rotatable bonds is 5. The number of benzene rings is 5. The number of thiophene rings is 1. The highest BCUT2D eigenvalue weighted by Crippen LogP contribution is 2.53. The van der Waals surface area contributed by atoms with E-state index in [1.807, 2.05) is 0 Å². The second-order valence-electron chi connectivity index (χ2n) is 16.8. The fourth-order valence-electron chi connectivity index (χ4n) is 8.86. The van der Waals surface area contributed by atoms with Crippen LogP contribution in [-0.4, -0.2) is 13.2 Å². The van der Waals surface area contributed by atoms with Crippen LogP contribution in [0.1, 0.15) is 75.0 Å². The van der Waals surface area contributed by atoms with Crippen molar-refractivity contribution in [2.75, 3.05) is 18.1 Å². The van der Waals surface area contributed by atoms with E-state index >= 15 is 0 Å². The van der Waals surface area contributed by atoms with Crippen molar-refractivity contribution in [2.24, 2.45) is 5.41 Å². The van der Waals surface area contributed by atoms with Gasteiger partial charge in [0.2, 0.25) is 0 Å². The fourth-order valence-corrected chi connectivity index (χ4v) is 9.82. The standard InChI is InChI=1S/C48H43NO3S/c1-46(2)27-50-45(51-28-46)44-22-21-43(53-44)42-23-29-15-16-32(26-41(29)52-42)49(30-17-19-35-33-11-7-9-13-37(33)47(3,4)39(35)24-30)31-18-20-36-34-12-8-10-14-38(34)48(5,6)40(36)25-31/h7-26,45H,27-28H2,1-6H3. The van der Waals surface area contributed by atoms with Crippen LogP contribution in [0.5, 0.6) is 0 Å². The van der Waals surface area contributed by atoms with Crippen LogP contribution >= 0.6 is 11.3 Å². The number of fused-ring (bicyclic) bond motifs is 7. The van der Waals surface area contributed by atoms with Gasteiger partial charge in [-0.1, -0.05) is 102 Å². The van der Waals surface area contributed by atoms with Crippen LogP contribution in [-0.2, 0) is 20.3 Å². The zero-order valence-electron chi connectivity index (χ0n) is 31.1. The molecule has 0 N–H and O–H groups in total. The number of ether oxygens (including phenoxy) is 2. The fraction of sp³-hybridized carbons (Fsp3) is 0.250. The van der Waals surface area contributed by atoms with Gasteiger partial charge >= 0.3 is 0 Å². The summed E-state index contributed by atoms with van der Waals surface area (Å²) in [5.74, 6) is 0.852. The molecule has 0 unspecified atom stereocenters. The van der Waals surface area contributed by atoms with Gasteiger partial charge in [0.25, 0.3) is 0 Å². The van der Waals surface area contributed by atoms with Crippen LogP contribution < -0.4 is 4.90 Å². The largest absolute Gasteiger partial charge is 0.455 e. The molecule has 3 aliphatic rings. The molecule has 0 atom stereocenters. The average Bonchev–Trinajstić information content (AvgIpc) is 3.91. The molecule has 1 aliphatic heterocycles. The van der Waals surface area contributed by atoms with E-state index < -0.39 is 0 Å². The predicted octanol–water partition coefficient (Wildman–Crippen LogP) is 13.3. The number of anilines is 3. The summed E-state index contributed by atoms with van der Waals surface area (Å²) >= 11 is 1.67. The van der Waals surface area contributed by atoms with Crippen LogP contribution in [0.4, 0.5) is 17.1 Å². The average molecular weight is 714 g/mol. The van der Waals surface area contributed by atoms with E-state index in [2.05, 4.69) is 168 Å². The Morgan fingerprint density at radius 3 is 1.68 bits per heavy atom. The molecule has 5 aromatic carbocycles. The smallest absolute Gasteiger partial charge is 0.193 e. The van der Waals surface area contributed by atoms with Gasteiger partial charge in [0.15, 0.2) is 6.29 Å². The molecule has 3 heterocycles. The molecule has 4 nitrogen and oxygen atoms in total. The lowest BCUT2D eigenvalue weighted by molar-refractivity contribution is -0.224. The second kappa shape index (κ2) is 11.5. The summed E-state index contributed by atoms with van der Waals surface area (Å²) in [6, 6.07) is 44.7. The van der Waals surface area contributed by atoms with Crippen LogP contribution in [0.25, 0.3) is 43.9 Å². The molecule has 10 rings (SSSR count). The summed E-state index contributed by atoms with van der Waals surface area (Å²) in [7, 11) is 0. The minimum absolute atomic E-state index is 0.0307. The zero-order valence-corrected chi connectivity index (χ0v) is 31.9. The Labute approximate surface area is 315 Å². The van der Waals surface area contributed by atoms with E-state index in [0.717, 1.165) is 43.5 Å². The highest BCUT2D eigenvalue weighted by atomic mass is 32.1. The monoisotopic (exact) mass is 713 g/mol. The number of furan rings is 1. The van der Waals surface area contributed by atoms with Gasteiger partial charge in [0.05, 0.1) is 23.0 Å². The number of nitrogens with zero attached hydrogens (tertiary/aromatic N) is 1. The first-order valence-electron chi connectivity index (χ1n) is 18.6. The van der Waals surface area contributed by atoms with Crippen molar-refractivity contribution >= 4 is 39.4 Å². The maximum Gasteiger partial charge on any atom is 0.193 e. The Balaban J connectivity index is 1.08. The molecule has 2 aliphatic carbocycles. The van der Waals surface area contributed by atoms with E-state index in [1.165, 1.54) is 44.5 Å². The first-order valence-corrected chi connectivity index (χ1v) is 19.5. The maximum atomic E-state index is 6.65. The Bertz CT molecular complexity index is 2470. The molecule has 264 valence electrons. The van der Waals surface area contributed by atoms with Crippen molar-refractivity contribution in [1.29, 1.82) is 0 Å². The molecule has 0 radical (unpaired) electrons. The predicted molar refractivity (Wildman–Crippen MR) is 218 cm³/mol. The first kappa shape index (κ1) is 32.7. The molecule has 5 heteroatoms. The van der Waals surface area contributed by atoms with E-state index in [4.69, 9.17) is 13.9 Å². The van der Waals surface area contributed by atoms with Gasteiger partial charge in [0.1, 0.15) is 11.3 Å². The minimum atomic E-state index is -0.332. The Morgan fingerprint density at radius 1 is 0.547 bits per heavy atom. The third-order valence-corrected chi connectivity index (χ3v) is 12.9. The van der Waals surface area contributed by atoms with Gasteiger partial charge in [-0.2, -0.15) is 0 Å². The van der Waals surface area contributed by atoms with E-state index in [1.54, 1.807) is 11.3 Å². The molecule has 7 aromatic rings. The van der Waals surface area contributed by atoms with Gasteiger partial charge in [-0.25, -0.2) is 0 Å². The van der Waals surface area contributed by atoms with Gasteiger partial charge in [-0.05, 0) is 99.1 Å². The van der Waals surface area contributed by atoms with Gasteiger partial charge in [-0.3, -0.25) is 0 Å². The molecule has 2 aromatic heterocycles. The molecule has 0 spiro atoms. The van der Waals surface area contributed by atoms with E-state index in [-0.39, 0.29) is 22.5 Å². The number of hydrogen-bond donors (Lipinski definition) is 0. The van der Waals surface area contributed by atoms with Crippen LogP contribution in [0.3, 0.4) is 0 Å². The van der Waals surface area contributed by atoms with E-state index in [9.17, 15) is 0 Å². The van der Waals surface area contributed by atoms with Crippen molar-refractivity contribution in [2.45, 2.75) is 58.7 Å². The van der Waals surface area contributed by atoms with Crippen molar-refractivity contribution in [3.8, 4) is 32.9 Å². The lowest BCUT2D eigenvalue weighted by atomic mass is 9.82. The SMILES string of the molecule is CC1(C)COC(c2ccc(-c3cc4ccc(N(c5ccc6c(c5)C(C)(C)c5ccccc5-6)c5ccc6c(c5)C(C)(C)c5ccccc5-6)cc4o3)s2)OC1. The molecule has 0 saturated carbocycles. The Kier molecular flexibility index (Phi) is 7.11. The molecule has 0 amide bonds. The van der Waals surface area contributed by atoms with Gasteiger partial charge < -0.3 is 18.8 Å². The first-order chi connectivity index (χ1) is 25.5. The van der Waals surface area contributed by atoms with Crippen molar-refractivity contribution in [3.05, 3.63) is 148 Å². The zero-order chi connectivity index (χ0) is 36.3. The van der Waals surface area contributed by atoms with Gasteiger partial charge in [-0.15, -0.1) is 11.3 Å². The summed E-state index contributed by atoms with van der Waals surface area (Å²) in [5, 5.41) is 1.07. The lowest BCUT2D eigenvalue weighted by Gasteiger charge is -2.34. The highest BCUT2D eigenvalue weighted by Gasteiger charge is 2.38. The quantitative estimate of drug-likeness (QED) is 0.178. The third kappa shape index (κ3) is 5.09. The maximum absolute atomic E-state index is 6.65.